The van der Waals surface area contributed by atoms with E-state index in [1.54, 1.807) is 0 Å². The Bertz CT molecular complexity index is 415. The first-order valence-corrected chi connectivity index (χ1v) is 5.13. The van der Waals surface area contributed by atoms with Crippen molar-refractivity contribution in [1.29, 1.82) is 0 Å². The van der Waals surface area contributed by atoms with E-state index >= 15 is 0 Å². The fraction of sp³-hybridized carbons (Fsp3) is 0.125. The highest BCUT2D eigenvalue weighted by molar-refractivity contribution is 8.00. The van der Waals surface area contributed by atoms with Crippen molar-refractivity contribution in [3.63, 3.8) is 0 Å². The minimum absolute atomic E-state index is 0.107. The van der Waals surface area contributed by atoms with Crippen molar-refractivity contribution >= 4 is 35.0 Å². The molecule has 0 bridgehead atoms. The molecule has 16 heavy (non-hydrogen) atoms. The van der Waals surface area contributed by atoms with Gasteiger partial charge < -0.3 is 11.5 Å². The highest BCUT2D eigenvalue weighted by atomic mass is 35.5. The average molecular weight is 270 g/mol. The SMILES string of the molecule is NC(N)=Nc1cccc(SC(F)(F)F)c1Cl. The third kappa shape index (κ3) is 3.82. The first-order valence-electron chi connectivity index (χ1n) is 3.93. The van der Waals surface area contributed by atoms with Gasteiger partial charge >= 0.3 is 5.51 Å². The van der Waals surface area contributed by atoms with Gasteiger partial charge in [-0.1, -0.05) is 17.7 Å². The summed E-state index contributed by atoms with van der Waals surface area (Å²) < 4.78 is 36.4. The summed E-state index contributed by atoms with van der Waals surface area (Å²) >= 11 is 5.41. The van der Waals surface area contributed by atoms with E-state index < -0.39 is 5.51 Å². The number of benzene rings is 1. The molecule has 1 aromatic carbocycles. The Labute approximate surface area is 98.7 Å². The van der Waals surface area contributed by atoms with E-state index in [9.17, 15) is 13.2 Å². The fourth-order valence-electron chi connectivity index (χ4n) is 0.928. The van der Waals surface area contributed by atoms with Gasteiger partial charge in [0.2, 0.25) is 0 Å². The van der Waals surface area contributed by atoms with Gasteiger partial charge in [0, 0.05) is 4.90 Å². The van der Waals surface area contributed by atoms with Crippen LogP contribution in [0.25, 0.3) is 0 Å². The Morgan fingerprint density at radius 1 is 1.31 bits per heavy atom. The summed E-state index contributed by atoms with van der Waals surface area (Å²) in [5, 5.41) is -0.127. The molecule has 1 rings (SSSR count). The minimum atomic E-state index is -4.40. The molecule has 88 valence electrons. The predicted molar refractivity (Wildman–Crippen MR) is 58.8 cm³/mol. The smallest absolute Gasteiger partial charge is 0.370 e. The molecule has 0 saturated heterocycles. The Morgan fingerprint density at radius 2 is 1.94 bits per heavy atom. The van der Waals surface area contributed by atoms with Crippen LogP contribution in [-0.4, -0.2) is 11.5 Å². The van der Waals surface area contributed by atoms with Crippen molar-refractivity contribution in [3.05, 3.63) is 23.2 Å². The largest absolute Gasteiger partial charge is 0.446 e. The van der Waals surface area contributed by atoms with E-state index in [1.807, 2.05) is 0 Å². The second kappa shape index (κ2) is 4.84. The molecule has 0 radical (unpaired) electrons. The summed E-state index contributed by atoms with van der Waals surface area (Å²) in [7, 11) is 0. The van der Waals surface area contributed by atoms with Crippen LogP contribution in [0.4, 0.5) is 18.9 Å². The summed E-state index contributed by atoms with van der Waals surface area (Å²) in [5.74, 6) is -0.268. The van der Waals surface area contributed by atoms with Gasteiger partial charge in [-0.3, -0.25) is 0 Å². The average Bonchev–Trinajstić information content (AvgIpc) is 2.09. The summed E-state index contributed by atoms with van der Waals surface area (Å²) in [6, 6.07) is 4.05. The molecule has 0 aliphatic heterocycles. The van der Waals surface area contributed by atoms with Crippen molar-refractivity contribution in [1.82, 2.24) is 0 Å². The molecule has 0 fully saturated rings. The third-order valence-corrected chi connectivity index (χ3v) is 2.72. The maximum atomic E-state index is 12.1. The van der Waals surface area contributed by atoms with Crippen LogP contribution in [0.5, 0.6) is 0 Å². The van der Waals surface area contributed by atoms with Crippen molar-refractivity contribution in [2.75, 3.05) is 0 Å². The highest BCUT2D eigenvalue weighted by Crippen LogP contribution is 2.43. The first kappa shape index (κ1) is 13.0. The van der Waals surface area contributed by atoms with Crippen LogP contribution in [0.1, 0.15) is 0 Å². The summed E-state index contributed by atoms with van der Waals surface area (Å²) in [4.78, 5) is 3.47. The zero-order valence-electron chi connectivity index (χ0n) is 7.75. The van der Waals surface area contributed by atoms with Crippen LogP contribution in [0, 0.1) is 0 Å². The second-order valence-electron chi connectivity index (χ2n) is 2.67. The number of hydrogen-bond donors (Lipinski definition) is 2. The fourth-order valence-corrected chi connectivity index (χ4v) is 1.80. The van der Waals surface area contributed by atoms with Crippen molar-refractivity contribution in [2.45, 2.75) is 10.4 Å². The molecule has 0 unspecified atom stereocenters. The summed E-state index contributed by atoms with van der Waals surface area (Å²) in [6.45, 7) is 0. The number of aliphatic imine (C=N–C) groups is 1. The maximum Gasteiger partial charge on any atom is 0.446 e. The zero-order chi connectivity index (χ0) is 12.3. The van der Waals surface area contributed by atoms with Crippen LogP contribution in [0.2, 0.25) is 5.02 Å². The monoisotopic (exact) mass is 269 g/mol. The molecule has 0 aliphatic rings. The first-order chi connectivity index (χ1) is 7.29. The van der Waals surface area contributed by atoms with Crippen LogP contribution >= 0.6 is 23.4 Å². The topological polar surface area (TPSA) is 64.4 Å². The molecule has 0 amide bonds. The van der Waals surface area contributed by atoms with Gasteiger partial charge in [-0.15, -0.1) is 0 Å². The minimum Gasteiger partial charge on any atom is -0.370 e. The van der Waals surface area contributed by atoms with E-state index in [4.69, 9.17) is 23.1 Å². The molecular weight excluding hydrogens is 263 g/mol. The van der Waals surface area contributed by atoms with Crippen LogP contribution in [0.15, 0.2) is 28.1 Å². The molecular formula is C8H7ClF3N3S. The number of nitrogens with zero attached hydrogens (tertiary/aromatic N) is 1. The number of nitrogens with two attached hydrogens (primary N) is 2. The van der Waals surface area contributed by atoms with Crippen LogP contribution in [-0.2, 0) is 0 Å². The molecule has 0 heterocycles. The van der Waals surface area contributed by atoms with Gasteiger partial charge in [0.1, 0.15) is 0 Å². The van der Waals surface area contributed by atoms with Crippen molar-refractivity contribution < 1.29 is 13.2 Å². The lowest BCUT2D eigenvalue weighted by molar-refractivity contribution is -0.0328. The summed E-state index contributed by atoms with van der Waals surface area (Å²) in [5.41, 5.74) is 5.93. The lowest BCUT2D eigenvalue weighted by Gasteiger charge is -2.08. The normalized spacial score (nSPS) is 11.2. The molecule has 4 N–H and O–H groups in total. The maximum absolute atomic E-state index is 12.1. The van der Waals surface area contributed by atoms with E-state index in [0.717, 1.165) is 0 Å². The zero-order valence-corrected chi connectivity index (χ0v) is 9.33. The Hall–Kier alpha value is -1.08. The second-order valence-corrected chi connectivity index (χ2v) is 4.16. The number of guanidine groups is 1. The number of thioether (sulfide) groups is 1. The van der Waals surface area contributed by atoms with Gasteiger partial charge in [-0.25, -0.2) is 4.99 Å². The van der Waals surface area contributed by atoms with Crippen molar-refractivity contribution in [3.8, 4) is 0 Å². The van der Waals surface area contributed by atoms with E-state index in [0.29, 0.717) is 0 Å². The van der Waals surface area contributed by atoms with Crippen LogP contribution in [0.3, 0.4) is 0 Å². The van der Waals surface area contributed by atoms with E-state index in [2.05, 4.69) is 4.99 Å². The number of halogens is 4. The van der Waals surface area contributed by atoms with Crippen LogP contribution < -0.4 is 11.5 Å². The van der Waals surface area contributed by atoms with Gasteiger partial charge in [0.25, 0.3) is 0 Å². The van der Waals surface area contributed by atoms with Crippen molar-refractivity contribution in [2.24, 2.45) is 16.5 Å². The van der Waals surface area contributed by atoms with Gasteiger partial charge in [-0.2, -0.15) is 13.2 Å². The molecule has 1 aromatic rings. The molecule has 8 heteroatoms. The number of hydrogen-bond acceptors (Lipinski definition) is 2. The van der Waals surface area contributed by atoms with Gasteiger partial charge in [-0.05, 0) is 23.9 Å². The third-order valence-electron chi connectivity index (χ3n) is 1.42. The van der Waals surface area contributed by atoms with E-state index in [1.165, 1.54) is 18.2 Å². The lowest BCUT2D eigenvalue weighted by Crippen LogP contribution is -2.21. The van der Waals surface area contributed by atoms with E-state index in [-0.39, 0.29) is 33.3 Å². The molecule has 0 aromatic heterocycles. The molecule has 0 aliphatic carbocycles. The predicted octanol–water partition coefficient (Wildman–Crippen LogP) is 2.86. The Kier molecular flexibility index (Phi) is 3.93. The standard InChI is InChI=1S/C8H7ClF3N3S/c9-6-4(15-7(13)14)2-1-3-5(6)16-8(10,11)12/h1-3H,(H4,13,14,15). The summed E-state index contributed by atoms with van der Waals surface area (Å²) in [6.07, 6.45) is 0. The van der Waals surface area contributed by atoms with Gasteiger partial charge in [0.05, 0.1) is 10.7 Å². The Morgan fingerprint density at radius 3 is 2.44 bits per heavy atom. The molecule has 0 saturated carbocycles. The lowest BCUT2D eigenvalue weighted by atomic mass is 10.3. The highest BCUT2D eigenvalue weighted by Gasteiger charge is 2.30. The quantitative estimate of drug-likeness (QED) is 0.493. The molecule has 0 atom stereocenters. The Balaban J connectivity index is 3.09. The molecule has 3 nitrogen and oxygen atoms in total. The molecule has 0 spiro atoms. The van der Waals surface area contributed by atoms with Gasteiger partial charge in [0.15, 0.2) is 5.96 Å². The number of alkyl halides is 3. The number of rotatable bonds is 2.